The summed E-state index contributed by atoms with van der Waals surface area (Å²) in [6, 6.07) is 2.09. The van der Waals surface area contributed by atoms with E-state index in [1.54, 1.807) is 0 Å². The highest BCUT2D eigenvalue weighted by Gasteiger charge is 2.44. The van der Waals surface area contributed by atoms with Gasteiger partial charge in [0.05, 0.1) is 0 Å². The average Bonchev–Trinajstić information content (AvgIpc) is 3.01. The first-order valence-electron chi connectivity index (χ1n) is 5.17. The van der Waals surface area contributed by atoms with Crippen molar-refractivity contribution in [3.05, 3.63) is 32.3 Å². The van der Waals surface area contributed by atoms with Gasteiger partial charge in [-0.3, -0.25) is 0 Å². The Morgan fingerprint density at radius 3 is 2.47 bits per heavy atom. The van der Waals surface area contributed by atoms with E-state index in [2.05, 4.69) is 28.9 Å². The minimum atomic E-state index is 0.212. The molecule has 1 aromatic rings. The van der Waals surface area contributed by atoms with E-state index in [0.717, 1.165) is 21.6 Å². The first-order chi connectivity index (χ1) is 7.02. The normalized spacial score (nSPS) is 17.9. The molecular weight excluding hydrogens is 273 g/mol. The Kier molecular flexibility index (Phi) is 2.87. The van der Waals surface area contributed by atoms with Crippen LogP contribution in [-0.2, 0) is 5.41 Å². The first-order valence-corrected chi connectivity index (χ1v) is 6.35. The van der Waals surface area contributed by atoms with Gasteiger partial charge < -0.3 is 5.73 Å². The largest absolute Gasteiger partial charge is 0.330 e. The zero-order valence-electron chi connectivity index (χ0n) is 9.03. The quantitative estimate of drug-likeness (QED) is 0.882. The SMILES string of the molecule is Cc1c(Cl)cc(C2(CN)CC2)c(C)c1Br. The van der Waals surface area contributed by atoms with Gasteiger partial charge in [-0.2, -0.15) is 0 Å². The molecule has 0 saturated heterocycles. The van der Waals surface area contributed by atoms with Crippen molar-refractivity contribution in [1.29, 1.82) is 0 Å². The van der Waals surface area contributed by atoms with Crippen molar-refractivity contribution in [2.24, 2.45) is 5.73 Å². The van der Waals surface area contributed by atoms with Crippen molar-refractivity contribution in [3.63, 3.8) is 0 Å². The molecule has 2 N–H and O–H groups in total. The Hall–Kier alpha value is -0.0500. The molecular formula is C12H15BrClN. The molecule has 1 nitrogen and oxygen atoms in total. The molecule has 0 aliphatic heterocycles. The number of hydrogen-bond donors (Lipinski definition) is 1. The predicted octanol–water partition coefficient (Wildman–Crippen LogP) is 3.71. The summed E-state index contributed by atoms with van der Waals surface area (Å²) in [7, 11) is 0. The molecule has 1 aliphatic carbocycles. The summed E-state index contributed by atoms with van der Waals surface area (Å²) < 4.78 is 1.13. The number of halogens is 2. The molecule has 0 radical (unpaired) electrons. The lowest BCUT2D eigenvalue weighted by Gasteiger charge is -2.19. The van der Waals surface area contributed by atoms with Gasteiger partial charge in [-0.1, -0.05) is 27.5 Å². The molecule has 0 unspecified atom stereocenters. The van der Waals surface area contributed by atoms with Crippen LogP contribution in [0, 0.1) is 13.8 Å². The Morgan fingerprint density at radius 1 is 1.40 bits per heavy atom. The van der Waals surface area contributed by atoms with E-state index in [1.807, 2.05) is 6.92 Å². The van der Waals surface area contributed by atoms with Crippen molar-refractivity contribution >= 4 is 27.5 Å². The second-order valence-electron chi connectivity index (χ2n) is 4.45. The third kappa shape index (κ3) is 1.73. The highest BCUT2D eigenvalue weighted by Crippen LogP contribution is 2.50. The Balaban J connectivity index is 2.58. The fourth-order valence-corrected chi connectivity index (χ4v) is 2.88. The van der Waals surface area contributed by atoms with Gasteiger partial charge in [0.1, 0.15) is 0 Å². The molecule has 0 spiro atoms. The van der Waals surface area contributed by atoms with Gasteiger partial charge >= 0.3 is 0 Å². The predicted molar refractivity (Wildman–Crippen MR) is 68.6 cm³/mol. The molecule has 3 heteroatoms. The molecule has 0 aromatic heterocycles. The fourth-order valence-electron chi connectivity index (χ4n) is 2.13. The van der Waals surface area contributed by atoms with Crippen LogP contribution >= 0.6 is 27.5 Å². The second-order valence-corrected chi connectivity index (χ2v) is 5.65. The van der Waals surface area contributed by atoms with Crippen LogP contribution in [0.25, 0.3) is 0 Å². The van der Waals surface area contributed by atoms with Crippen molar-refractivity contribution in [2.75, 3.05) is 6.54 Å². The lowest BCUT2D eigenvalue weighted by molar-refractivity contribution is 0.698. The zero-order valence-corrected chi connectivity index (χ0v) is 11.4. The van der Waals surface area contributed by atoms with Crippen LogP contribution in [0.4, 0.5) is 0 Å². The summed E-state index contributed by atoms with van der Waals surface area (Å²) in [6.07, 6.45) is 2.38. The first kappa shape index (κ1) is 11.4. The molecule has 1 fully saturated rings. The van der Waals surface area contributed by atoms with Gasteiger partial charge in [0.2, 0.25) is 0 Å². The summed E-state index contributed by atoms with van der Waals surface area (Å²) in [5.41, 5.74) is 9.80. The van der Waals surface area contributed by atoms with Crippen molar-refractivity contribution in [3.8, 4) is 0 Å². The summed E-state index contributed by atoms with van der Waals surface area (Å²) >= 11 is 9.82. The highest BCUT2D eigenvalue weighted by atomic mass is 79.9. The maximum atomic E-state index is 6.21. The van der Waals surface area contributed by atoms with Crippen LogP contribution in [0.2, 0.25) is 5.02 Å². The molecule has 15 heavy (non-hydrogen) atoms. The van der Waals surface area contributed by atoms with E-state index in [-0.39, 0.29) is 5.41 Å². The molecule has 2 rings (SSSR count). The van der Waals surface area contributed by atoms with E-state index in [0.29, 0.717) is 0 Å². The number of nitrogens with two attached hydrogens (primary N) is 1. The van der Waals surface area contributed by atoms with Crippen molar-refractivity contribution < 1.29 is 0 Å². The minimum Gasteiger partial charge on any atom is -0.330 e. The summed E-state index contributed by atoms with van der Waals surface area (Å²) in [6.45, 7) is 4.89. The fraction of sp³-hybridized carbons (Fsp3) is 0.500. The maximum absolute atomic E-state index is 6.21. The third-order valence-electron chi connectivity index (χ3n) is 3.51. The summed E-state index contributed by atoms with van der Waals surface area (Å²) in [5, 5.41) is 0.835. The molecule has 0 atom stereocenters. The van der Waals surface area contributed by atoms with E-state index in [1.165, 1.54) is 24.0 Å². The van der Waals surface area contributed by atoms with E-state index < -0.39 is 0 Å². The molecule has 1 aliphatic rings. The number of hydrogen-bond acceptors (Lipinski definition) is 1. The Morgan fingerprint density at radius 2 is 2.00 bits per heavy atom. The Labute approximate surface area is 104 Å². The minimum absolute atomic E-state index is 0.212. The second kappa shape index (κ2) is 3.76. The lowest BCUT2D eigenvalue weighted by atomic mass is 9.91. The lowest BCUT2D eigenvalue weighted by Crippen LogP contribution is -2.21. The van der Waals surface area contributed by atoms with E-state index >= 15 is 0 Å². The number of rotatable bonds is 2. The Bertz CT molecular complexity index is 411. The van der Waals surface area contributed by atoms with Gasteiger partial charge in [-0.05, 0) is 49.4 Å². The van der Waals surface area contributed by atoms with Crippen LogP contribution in [-0.4, -0.2) is 6.54 Å². The molecule has 0 heterocycles. The standard InChI is InChI=1S/C12H15BrClN/c1-7-9(12(6-15)3-4-12)5-10(14)8(2)11(7)13/h5H,3-4,6,15H2,1-2H3. The summed E-state index contributed by atoms with van der Waals surface area (Å²) in [4.78, 5) is 0. The van der Waals surface area contributed by atoms with Crippen LogP contribution < -0.4 is 5.73 Å². The molecule has 1 saturated carbocycles. The zero-order chi connectivity index (χ0) is 11.2. The number of benzene rings is 1. The summed E-state index contributed by atoms with van der Waals surface area (Å²) in [5.74, 6) is 0. The third-order valence-corrected chi connectivity index (χ3v) is 5.09. The van der Waals surface area contributed by atoms with Crippen molar-refractivity contribution in [2.45, 2.75) is 32.1 Å². The van der Waals surface area contributed by atoms with Gasteiger partial charge in [0.15, 0.2) is 0 Å². The molecule has 0 amide bonds. The van der Waals surface area contributed by atoms with Crippen LogP contribution in [0.15, 0.2) is 10.5 Å². The van der Waals surface area contributed by atoms with Crippen LogP contribution in [0.3, 0.4) is 0 Å². The van der Waals surface area contributed by atoms with Gasteiger partial charge in [-0.25, -0.2) is 0 Å². The topological polar surface area (TPSA) is 26.0 Å². The molecule has 1 aromatic carbocycles. The van der Waals surface area contributed by atoms with Crippen LogP contribution in [0.5, 0.6) is 0 Å². The van der Waals surface area contributed by atoms with E-state index in [4.69, 9.17) is 17.3 Å². The van der Waals surface area contributed by atoms with Gasteiger partial charge in [-0.15, -0.1) is 0 Å². The van der Waals surface area contributed by atoms with Gasteiger partial charge in [0.25, 0.3) is 0 Å². The van der Waals surface area contributed by atoms with Crippen LogP contribution in [0.1, 0.15) is 29.5 Å². The smallest absolute Gasteiger partial charge is 0.0449 e. The highest BCUT2D eigenvalue weighted by molar-refractivity contribution is 9.10. The monoisotopic (exact) mass is 287 g/mol. The maximum Gasteiger partial charge on any atom is 0.0449 e. The van der Waals surface area contributed by atoms with Crippen molar-refractivity contribution in [1.82, 2.24) is 0 Å². The molecule has 0 bridgehead atoms. The van der Waals surface area contributed by atoms with Gasteiger partial charge in [0, 0.05) is 21.5 Å². The van der Waals surface area contributed by atoms with E-state index in [9.17, 15) is 0 Å². The molecule has 82 valence electrons. The average molecular weight is 289 g/mol.